The number of amides is 2. The first-order valence-corrected chi connectivity index (χ1v) is 12.4. The number of aliphatic carboxylic acids is 1. The summed E-state index contributed by atoms with van der Waals surface area (Å²) >= 11 is 0. The number of urea groups is 1. The Balaban J connectivity index is 0.00000160. The molecule has 1 atom stereocenters. The molecular weight excluding hydrogens is 537 g/mol. The summed E-state index contributed by atoms with van der Waals surface area (Å²) in [7, 11) is 0. The number of nitrogens with one attached hydrogen (secondary N) is 1. The number of anilines is 1. The maximum absolute atomic E-state index is 13.4. The Kier molecular flexibility index (Phi) is 11.9. The lowest BCUT2D eigenvalue weighted by atomic mass is 9.97. The molecule has 2 saturated heterocycles. The Morgan fingerprint density at radius 3 is 2.43 bits per heavy atom. The summed E-state index contributed by atoms with van der Waals surface area (Å²) in [5.74, 6) is -0.808. The zero-order chi connectivity index (χ0) is 23.5. The van der Waals surface area contributed by atoms with E-state index in [4.69, 9.17) is 0 Å². The number of fused-ring (bicyclic) bond motifs is 1. The molecule has 11 heteroatoms. The minimum atomic E-state index is -0.808. The number of aromatic nitrogens is 1. The van der Waals surface area contributed by atoms with Gasteiger partial charge in [-0.2, -0.15) is 0 Å². The number of rotatable bonds is 6. The fraction of sp³-hybridized carbons (Fsp3) is 0.500. The van der Waals surface area contributed by atoms with Crippen molar-refractivity contribution in [1.82, 2.24) is 20.1 Å². The standard InChI is InChI=1S/C26H33N5O3.3ClH/c32-25(33)17-24(21-2-1-9-28-18-21)29-12-7-22(8-13-29)30-14-15-31(26(30)34)23-4-3-19-5-10-27-11-6-20(19)16-23;;;/h1-4,9,16,18,22,24,27H,5-8,10-15,17H2,(H,32,33);3*1H. The van der Waals surface area contributed by atoms with Crippen LogP contribution in [-0.2, 0) is 17.6 Å². The highest BCUT2D eigenvalue weighted by atomic mass is 35.5. The van der Waals surface area contributed by atoms with Crippen molar-refractivity contribution in [3.63, 3.8) is 0 Å². The smallest absolute Gasteiger partial charge is 0.324 e. The minimum absolute atomic E-state index is 0. The van der Waals surface area contributed by atoms with Crippen LogP contribution in [0.15, 0.2) is 42.7 Å². The summed E-state index contributed by atoms with van der Waals surface area (Å²) in [6.07, 6.45) is 7.27. The fourth-order valence-electron chi connectivity index (χ4n) is 5.67. The Bertz CT molecular complexity index is 1040. The number of pyridine rings is 1. The molecule has 2 aromatic rings. The van der Waals surface area contributed by atoms with E-state index in [1.165, 1.54) is 11.1 Å². The quantitative estimate of drug-likeness (QED) is 0.545. The molecule has 8 nitrogen and oxygen atoms in total. The molecular formula is C26H36Cl3N5O3. The molecule has 1 unspecified atom stereocenters. The van der Waals surface area contributed by atoms with Gasteiger partial charge in [0.2, 0.25) is 0 Å². The lowest BCUT2D eigenvalue weighted by Gasteiger charge is -2.40. The summed E-state index contributed by atoms with van der Waals surface area (Å²) < 4.78 is 0. The summed E-state index contributed by atoms with van der Waals surface area (Å²) in [5.41, 5.74) is 4.67. The van der Waals surface area contributed by atoms with E-state index < -0.39 is 5.97 Å². The topological polar surface area (TPSA) is 89.0 Å². The number of piperidine rings is 1. The second-order valence-corrected chi connectivity index (χ2v) is 9.50. The Morgan fingerprint density at radius 2 is 1.76 bits per heavy atom. The van der Waals surface area contributed by atoms with Crippen LogP contribution >= 0.6 is 37.2 Å². The highest BCUT2D eigenvalue weighted by molar-refractivity contribution is 5.94. The molecule has 0 bridgehead atoms. The molecule has 0 radical (unpaired) electrons. The van der Waals surface area contributed by atoms with Crippen LogP contribution in [0.4, 0.5) is 10.5 Å². The van der Waals surface area contributed by atoms with Crippen molar-refractivity contribution in [3.05, 3.63) is 59.4 Å². The molecule has 1 aromatic heterocycles. The van der Waals surface area contributed by atoms with Gasteiger partial charge in [0.25, 0.3) is 0 Å². The van der Waals surface area contributed by atoms with Crippen LogP contribution < -0.4 is 10.2 Å². The van der Waals surface area contributed by atoms with E-state index in [1.54, 1.807) is 12.4 Å². The molecule has 0 aliphatic carbocycles. The van der Waals surface area contributed by atoms with Crippen molar-refractivity contribution in [3.8, 4) is 0 Å². The van der Waals surface area contributed by atoms with Crippen LogP contribution in [0.25, 0.3) is 0 Å². The summed E-state index contributed by atoms with van der Waals surface area (Å²) in [6, 6.07) is 10.4. The van der Waals surface area contributed by atoms with Crippen molar-refractivity contribution in [2.45, 2.75) is 44.2 Å². The number of hydrogen-bond donors (Lipinski definition) is 2. The molecule has 5 rings (SSSR count). The lowest BCUT2D eigenvalue weighted by Crippen LogP contribution is -2.47. The van der Waals surface area contributed by atoms with Crippen LogP contribution in [0.3, 0.4) is 0 Å². The summed E-state index contributed by atoms with van der Waals surface area (Å²) in [5, 5.41) is 12.9. The van der Waals surface area contributed by atoms with E-state index in [2.05, 4.69) is 33.4 Å². The molecule has 2 fully saturated rings. The number of likely N-dealkylation sites (tertiary alicyclic amines) is 1. The number of carboxylic acid groups (broad SMARTS) is 1. The van der Waals surface area contributed by atoms with Gasteiger partial charge in [-0.1, -0.05) is 12.1 Å². The van der Waals surface area contributed by atoms with E-state index in [0.29, 0.717) is 6.54 Å². The third kappa shape index (κ3) is 7.06. The van der Waals surface area contributed by atoms with Gasteiger partial charge in [-0.25, -0.2) is 4.79 Å². The molecule has 4 heterocycles. The molecule has 3 aliphatic heterocycles. The number of carbonyl (C=O) groups excluding carboxylic acids is 1. The molecule has 2 N–H and O–H groups in total. The zero-order valence-electron chi connectivity index (χ0n) is 20.8. The fourth-order valence-corrected chi connectivity index (χ4v) is 5.67. The van der Waals surface area contributed by atoms with Crippen molar-refractivity contribution in [2.24, 2.45) is 0 Å². The van der Waals surface area contributed by atoms with E-state index >= 15 is 0 Å². The highest BCUT2D eigenvalue weighted by Crippen LogP contribution is 2.31. The van der Waals surface area contributed by atoms with Gasteiger partial charge in [0.1, 0.15) is 0 Å². The van der Waals surface area contributed by atoms with Crippen LogP contribution in [0.5, 0.6) is 0 Å². The van der Waals surface area contributed by atoms with E-state index in [9.17, 15) is 14.7 Å². The van der Waals surface area contributed by atoms with Gasteiger partial charge >= 0.3 is 12.0 Å². The zero-order valence-corrected chi connectivity index (χ0v) is 23.2. The van der Waals surface area contributed by atoms with Gasteiger partial charge in [0, 0.05) is 56.3 Å². The second kappa shape index (κ2) is 14.2. The van der Waals surface area contributed by atoms with Gasteiger partial charge in [0.05, 0.1) is 6.42 Å². The molecule has 0 saturated carbocycles. The Morgan fingerprint density at radius 1 is 1.03 bits per heavy atom. The SMILES string of the molecule is Cl.Cl.Cl.O=C(O)CC(c1cccnc1)N1CCC(N2CCN(c3ccc4c(c3)CCNCC4)C2=O)CC1. The van der Waals surface area contributed by atoms with Crippen LogP contribution in [0.2, 0.25) is 0 Å². The van der Waals surface area contributed by atoms with Crippen LogP contribution in [0.1, 0.15) is 42.0 Å². The van der Waals surface area contributed by atoms with Gasteiger partial charge in [0.15, 0.2) is 0 Å². The number of carboxylic acids is 1. The molecule has 1 aromatic carbocycles. The van der Waals surface area contributed by atoms with E-state index in [1.807, 2.05) is 21.9 Å². The summed E-state index contributed by atoms with van der Waals surface area (Å²) in [6.45, 7) is 4.99. The van der Waals surface area contributed by atoms with Crippen molar-refractivity contribution >= 4 is 54.9 Å². The van der Waals surface area contributed by atoms with Gasteiger partial charge in [-0.3, -0.25) is 19.6 Å². The molecule has 3 aliphatic rings. The lowest BCUT2D eigenvalue weighted by molar-refractivity contribution is -0.138. The van der Waals surface area contributed by atoms with Crippen LogP contribution in [0, 0.1) is 0 Å². The molecule has 0 spiro atoms. The Labute approximate surface area is 237 Å². The predicted molar refractivity (Wildman–Crippen MR) is 152 cm³/mol. The van der Waals surface area contributed by atoms with Crippen molar-refractivity contribution in [2.75, 3.05) is 44.2 Å². The summed E-state index contributed by atoms with van der Waals surface area (Å²) in [4.78, 5) is 35.2. The second-order valence-electron chi connectivity index (χ2n) is 9.50. The third-order valence-corrected chi connectivity index (χ3v) is 7.50. The first kappa shape index (κ1) is 31.1. The average molecular weight is 573 g/mol. The normalized spacial score (nSPS) is 19.1. The molecule has 204 valence electrons. The van der Waals surface area contributed by atoms with Gasteiger partial charge in [-0.15, -0.1) is 37.2 Å². The average Bonchev–Trinajstić information content (AvgIpc) is 3.08. The number of halogens is 3. The van der Waals surface area contributed by atoms with Crippen molar-refractivity contribution < 1.29 is 14.7 Å². The molecule has 37 heavy (non-hydrogen) atoms. The maximum atomic E-state index is 13.4. The maximum Gasteiger partial charge on any atom is 0.324 e. The number of nitrogens with zero attached hydrogens (tertiary/aromatic N) is 4. The monoisotopic (exact) mass is 571 g/mol. The van der Waals surface area contributed by atoms with Gasteiger partial charge in [-0.05, 0) is 73.7 Å². The van der Waals surface area contributed by atoms with Crippen LogP contribution in [-0.4, -0.2) is 77.2 Å². The largest absolute Gasteiger partial charge is 0.481 e. The third-order valence-electron chi connectivity index (χ3n) is 7.50. The van der Waals surface area contributed by atoms with Gasteiger partial charge < -0.3 is 15.3 Å². The predicted octanol–water partition coefficient (Wildman–Crippen LogP) is 3.96. The van der Waals surface area contributed by atoms with E-state index in [-0.39, 0.29) is 61.8 Å². The molecule has 2 amide bonds. The first-order valence-electron chi connectivity index (χ1n) is 12.4. The minimum Gasteiger partial charge on any atom is -0.481 e. The van der Waals surface area contributed by atoms with E-state index in [0.717, 1.165) is 69.7 Å². The van der Waals surface area contributed by atoms with Crippen molar-refractivity contribution in [1.29, 1.82) is 0 Å². The highest BCUT2D eigenvalue weighted by Gasteiger charge is 2.37. The first-order chi connectivity index (χ1) is 16.6. The number of carbonyl (C=O) groups is 2. The number of benzene rings is 1. The number of hydrogen-bond acceptors (Lipinski definition) is 5. The Hall–Kier alpha value is -2.10.